The molecular weight excluding hydrogens is 598 g/mol. The summed E-state index contributed by atoms with van der Waals surface area (Å²) >= 11 is 0. The van der Waals surface area contributed by atoms with E-state index in [9.17, 15) is 24.9 Å². The van der Waals surface area contributed by atoms with Gasteiger partial charge in [-0.2, -0.15) is 0 Å². The Bertz CT molecular complexity index is 1360. The predicted molar refractivity (Wildman–Crippen MR) is 160 cm³/mol. The van der Waals surface area contributed by atoms with Gasteiger partial charge in [0.25, 0.3) is 0 Å². The highest BCUT2D eigenvalue weighted by Crippen LogP contribution is 2.80. The molecule has 1 aliphatic heterocycles. The molecule has 3 N–H and O–H groups in total. The van der Waals surface area contributed by atoms with E-state index in [1.165, 1.54) is 14.0 Å². The Balaban J connectivity index is 1.53. The number of piperidine rings is 1. The number of carbonyl (C=O) groups excluding carboxylic acids is 2. The molecule has 0 radical (unpaired) electrons. The van der Waals surface area contributed by atoms with E-state index in [0.29, 0.717) is 25.1 Å². The van der Waals surface area contributed by atoms with E-state index in [4.69, 9.17) is 28.4 Å². The van der Waals surface area contributed by atoms with Crippen LogP contribution >= 0.6 is 0 Å². The molecule has 6 fully saturated rings. The van der Waals surface area contributed by atoms with Crippen LogP contribution in [0.25, 0.3) is 0 Å². The zero-order chi connectivity index (χ0) is 33.0. The Morgan fingerprint density at radius 1 is 1.00 bits per heavy atom. The summed E-state index contributed by atoms with van der Waals surface area (Å²) in [6.07, 6.45) is -5.49. The van der Waals surface area contributed by atoms with Gasteiger partial charge in [0.15, 0.2) is 5.60 Å². The van der Waals surface area contributed by atoms with Crippen LogP contribution in [0.1, 0.15) is 37.0 Å². The zero-order valence-electron chi connectivity index (χ0n) is 27.3. The van der Waals surface area contributed by atoms with E-state index in [0.717, 1.165) is 0 Å². The number of carbonyl (C=O) groups is 2. The van der Waals surface area contributed by atoms with Crippen LogP contribution in [0.5, 0.6) is 0 Å². The van der Waals surface area contributed by atoms with E-state index in [1.54, 1.807) is 51.7 Å². The Hall–Kier alpha value is -2.16. The van der Waals surface area contributed by atoms with Gasteiger partial charge < -0.3 is 43.7 Å². The normalized spacial score (nSPS) is 49.9. The van der Waals surface area contributed by atoms with Gasteiger partial charge >= 0.3 is 11.9 Å². The summed E-state index contributed by atoms with van der Waals surface area (Å²) in [4.78, 5) is 29.3. The number of fused-ring (bicyclic) bond motifs is 2. The molecule has 7 bridgehead atoms. The van der Waals surface area contributed by atoms with Crippen LogP contribution in [0.2, 0.25) is 0 Å². The third-order valence-corrected chi connectivity index (χ3v) is 13.2. The van der Waals surface area contributed by atoms with E-state index in [-0.39, 0.29) is 25.0 Å². The quantitative estimate of drug-likeness (QED) is 0.323. The summed E-state index contributed by atoms with van der Waals surface area (Å²) in [6.45, 7) is 4.68. The first-order valence-corrected chi connectivity index (χ1v) is 16.3. The van der Waals surface area contributed by atoms with Crippen molar-refractivity contribution in [3.8, 4) is 0 Å². The average Bonchev–Trinajstić information content (AvgIpc) is 3.41. The third-order valence-electron chi connectivity index (χ3n) is 13.2. The summed E-state index contributed by atoms with van der Waals surface area (Å²) < 4.78 is 37.4. The first-order chi connectivity index (χ1) is 22.0. The molecule has 46 heavy (non-hydrogen) atoms. The molecular formula is C34H47NO11. The van der Waals surface area contributed by atoms with Crippen LogP contribution in [0.15, 0.2) is 30.3 Å². The van der Waals surface area contributed by atoms with Crippen molar-refractivity contribution in [1.82, 2.24) is 4.90 Å². The Morgan fingerprint density at radius 2 is 1.72 bits per heavy atom. The van der Waals surface area contributed by atoms with Gasteiger partial charge in [0.05, 0.1) is 30.5 Å². The smallest absolute Gasteiger partial charge is 0.338 e. The second kappa shape index (κ2) is 10.9. The number of hydrogen-bond acceptors (Lipinski definition) is 12. The molecule has 1 spiro atoms. The Labute approximate surface area is 269 Å². The molecule has 1 saturated heterocycles. The van der Waals surface area contributed by atoms with Crippen molar-refractivity contribution in [3.63, 3.8) is 0 Å². The number of methoxy groups -OCH3 is 4. The van der Waals surface area contributed by atoms with Crippen LogP contribution in [-0.2, 0) is 33.2 Å². The van der Waals surface area contributed by atoms with Crippen molar-refractivity contribution < 1.29 is 53.3 Å². The van der Waals surface area contributed by atoms with E-state index in [2.05, 4.69) is 4.90 Å². The van der Waals surface area contributed by atoms with Gasteiger partial charge in [0.2, 0.25) is 0 Å². The second-order valence-electron chi connectivity index (χ2n) is 14.4. The standard InChI is InChI=1S/C34H47NO11/c1-7-35-15-31(16-41-3)20(37)13-21(42-4)33-19-14-32(40)28(45-30(39)18-11-9-8-10-12-18)22(19)34(46-17(2)36,27(38)29(32)44-6)23(26(33)35)24(43-5)25(31)33/h8-12,19-29,37-38,40H,7,13-16H2,1-6H3/t19-,20-,21?,22-,23+,24?,25+,26-,27+,28-,29+,31+,32+,33+,34-/m1/s1. The van der Waals surface area contributed by atoms with Crippen molar-refractivity contribution >= 4 is 11.9 Å². The van der Waals surface area contributed by atoms with Crippen molar-refractivity contribution in [3.05, 3.63) is 35.9 Å². The van der Waals surface area contributed by atoms with Gasteiger partial charge in [-0.15, -0.1) is 0 Å². The van der Waals surface area contributed by atoms with Crippen LogP contribution < -0.4 is 0 Å². The molecule has 0 amide bonds. The largest absolute Gasteiger partial charge is 0.455 e. The van der Waals surface area contributed by atoms with Gasteiger partial charge in [-0.05, 0) is 31.0 Å². The van der Waals surface area contributed by atoms with E-state index < -0.39 is 88.3 Å². The molecule has 15 atom stereocenters. The average molecular weight is 646 g/mol. The molecule has 1 aromatic carbocycles. The first kappa shape index (κ1) is 32.4. The number of benzene rings is 1. The molecule has 2 unspecified atom stereocenters. The molecule has 5 saturated carbocycles. The van der Waals surface area contributed by atoms with Gasteiger partial charge in [-0.1, -0.05) is 25.1 Å². The summed E-state index contributed by atoms with van der Waals surface area (Å²) in [5.41, 5.74) is -4.79. The number of esters is 2. The molecule has 12 nitrogen and oxygen atoms in total. The number of nitrogens with zero attached hydrogens (tertiary/aromatic N) is 1. The number of aliphatic hydroxyl groups excluding tert-OH is 2. The van der Waals surface area contributed by atoms with Crippen LogP contribution in [0.4, 0.5) is 0 Å². The molecule has 6 aliphatic rings. The molecule has 254 valence electrons. The van der Waals surface area contributed by atoms with Gasteiger partial charge in [-0.3, -0.25) is 9.69 Å². The fourth-order valence-corrected chi connectivity index (χ4v) is 12.3. The molecule has 1 heterocycles. The first-order valence-electron chi connectivity index (χ1n) is 16.3. The summed E-state index contributed by atoms with van der Waals surface area (Å²) in [5.74, 6) is -3.65. The molecule has 5 aliphatic carbocycles. The maximum absolute atomic E-state index is 13.8. The molecule has 7 rings (SSSR count). The molecule has 0 aromatic heterocycles. The Kier molecular flexibility index (Phi) is 7.69. The maximum atomic E-state index is 13.8. The van der Waals surface area contributed by atoms with Crippen molar-refractivity contribution in [2.24, 2.45) is 34.5 Å². The fourth-order valence-electron chi connectivity index (χ4n) is 12.3. The van der Waals surface area contributed by atoms with E-state index in [1.807, 2.05) is 6.92 Å². The zero-order valence-corrected chi connectivity index (χ0v) is 27.3. The van der Waals surface area contributed by atoms with Crippen LogP contribution in [0.3, 0.4) is 0 Å². The monoisotopic (exact) mass is 645 g/mol. The minimum atomic E-state index is -1.83. The second-order valence-corrected chi connectivity index (χ2v) is 14.4. The lowest BCUT2D eigenvalue weighted by atomic mass is 9.42. The third kappa shape index (κ3) is 3.62. The summed E-state index contributed by atoms with van der Waals surface area (Å²) in [7, 11) is 6.27. The van der Waals surface area contributed by atoms with Gasteiger partial charge in [0, 0.05) is 83.0 Å². The number of aliphatic hydroxyl groups is 3. The van der Waals surface area contributed by atoms with Gasteiger partial charge in [0.1, 0.15) is 23.9 Å². The SMILES string of the molecule is CCN1C[C@]2(COC)[C@H](O)CC(OC)[C@@]34[C@@H]5C[C@]6(O)[C@H](OC(=O)c7ccccc7)[C@@H]5[C@](OC(C)=O)([C@@H](O)[C@@H]6OC)[C@@H](C(OC)[C@@H]23)[C@@H]14. The highest BCUT2D eigenvalue weighted by atomic mass is 16.6. The Morgan fingerprint density at radius 3 is 2.30 bits per heavy atom. The van der Waals surface area contributed by atoms with Crippen LogP contribution in [0, 0.1) is 34.5 Å². The van der Waals surface area contributed by atoms with Gasteiger partial charge in [-0.25, -0.2) is 4.79 Å². The van der Waals surface area contributed by atoms with Crippen molar-refractivity contribution in [2.75, 3.05) is 48.1 Å². The number of hydrogen-bond donors (Lipinski definition) is 3. The minimum absolute atomic E-state index is 0.0791. The summed E-state index contributed by atoms with van der Waals surface area (Å²) in [5, 5.41) is 37.3. The van der Waals surface area contributed by atoms with Crippen molar-refractivity contribution in [2.45, 2.75) is 80.6 Å². The highest BCUT2D eigenvalue weighted by molar-refractivity contribution is 5.89. The lowest BCUT2D eigenvalue weighted by molar-refractivity contribution is -0.322. The predicted octanol–water partition coefficient (Wildman–Crippen LogP) is 0.648. The number of ether oxygens (including phenoxy) is 6. The summed E-state index contributed by atoms with van der Waals surface area (Å²) in [6, 6.07) is 8.18. The maximum Gasteiger partial charge on any atom is 0.338 e. The molecule has 12 heteroatoms. The lowest BCUT2D eigenvalue weighted by Crippen LogP contribution is -2.81. The number of rotatable bonds is 9. The van der Waals surface area contributed by atoms with Crippen LogP contribution in [-0.4, -0.2) is 134 Å². The minimum Gasteiger partial charge on any atom is -0.455 e. The molecule has 1 aromatic rings. The highest BCUT2D eigenvalue weighted by Gasteiger charge is 2.92. The van der Waals surface area contributed by atoms with E-state index >= 15 is 0 Å². The topological polar surface area (TPSA) is 153 Å². The number of likely N-dealkylation sites (tertiary alicyclic amines) is 1. The fraction of sp³-hybridized carbons (Fsp3) is 0.765. The lowest BCUT2D eigenvalue weighted by Gasteiger charge is -2.70. The van der Waals surface area contributed by atoms with Crippen molar-refractivity contribution in [1.29, 1.82) is 0 Å².